The molecular formula is C22H29NO. The average Bonchev–Trinajstić information content (AvgIpc) is 2.77. The Hall–Kier alpha value is -1.36. The van der Waals surface area contributed by atoms with Crippen molar-refractivity contribution in [1.82, 2.24) is 0 Å². The molecule has 0 amide bonds. The maximum Gasteiger partial charge on any atom is 0.172 e. The Morgan fingerprint density at radius 1 is 1.33 bits per heavy atom. The zero-order chi connectivity index (χ0) is 17.2. The summed E-state index contributed by atoms with van der Waals surface area (Å²) in [7, 11) is 0. The number of nitriles is 1. The van der Waals surface area contributed by atoms with E-state index in [9.17, 15) is 10.1 Å². The highest BCUT2D eigenvalue weighted by molar-refractivity contribution is 5.95. The standard InChI is InChI=1S/C22H29NO/c1-12-8-19-21-13(2)7-15-10-20(24)16(11-23)9-18(15)17(21)5-6-22(19,4)14(12)3/h10,13-14,16-19,21H,1,5-9H2,2-4H3/t13-,14-,16?,17-,18+,19+,21-,22-/m1/s1. The van der Waals surface area contributed by atoms with Crippen molar-refractivity contribution in [1.29, 1.82) is 5.26 Å². The molecule has 0 radical (unpaired) electrons. The molecule has 3 saturated carbocycles. The summed E-state index contributed by atoms with van der Waals surface area (Å²) in [6.07, 6.45) is 7.40. The van der Waals surface area contributed by atoms with Crippen LogP contribution in [-0.2, 0) is 4.79 Å². The van der Waals surface area contributed by atoms with Gasteiger partial charge in [-0.25, -0.2) is 0 Å². The second-order valence-electron chi connectivity index (χ2n) is 9.30. The van der Waals surface area contributed by atoms with Crippen molar-refractivity contribution in [3.63, 3.8) is 0 Å². The number of fused-ring (bicyclic) bond motifs is 5. The van der Waals surface area contributed by atoms with Crippen LogP contribution in [0.4, 0.5) is 0 Å². The largest absolute Gasteiger partial charge is 0.293 e. The molecule has 2 heteroatoms. The number of carbonyl (C=O) groups is 1. The lowest BCUT2D eigenvalue weighted by Crippen LogP contribution is -2.49. The SMILES string of the molecule is C=C1C[C@H]2[C@H]3[C@H](CC[C@]2(C)[C@@H]1C)[C@H]1CC(C#N)C(=O)C=C1C[C@H]3C. The Morgan fingerprint density at radius 3 is 2.79 bits per heavy atom. The van der Waals surface area contributed by atoms with E-state index in [4.69, 9.17) is 0 Å². The number of nitrogens with zero attached hydrogens (tertiary/aromatic N) is 1. The maximum atomic E-state index is 12.2. The van der Waals surface area contributed by atoms with Crippen molar-refractivity contribution in [3.05, 3.63) is 23.8 Å². The molecule has 0 heterocycles. The molecule has 1 unspecified atom stereocenters. The second-order valence-corrected chi connectivity index (χ2v) is 9.30. The number of hydrogen-bond acceptors (Lipinski definition) is 2. The van der Waals surface area contributed by atoms with E-state index in [0.29, 0.717) is 29.1 Å². The van der Waals surface area contributed by atoms with Gasteiger partial charge in [0.15, 0.2) is 5.78 Å². The van der Waals surface area contributed by atoms with E-state index in [1.807, 2.05) is 6.08 Å². The van der Waals surface area contributed by atoms with Crippen LogP contribution < -0.4 is 0 Å². The summed E-state index contributed by atoms with van der Waals surface area (Å²) in [5.41, 5.74) is 3.21. The van der Waals surface area contributed by atoms with Crippen LogP contribution >= 0.6 is 0 Å². The lowest BCUT2D eigenvalue weighted by Gasteiger charge is -2.56. The molecule has 128 valence electrons. The van der Waals surface area contributed by atoms with Crippen LogP contribution in [0.15, 0.2) is 23.8 Å². The minimum absolute atomic E-state index is 0.0536. The van der Waals surface area contributed by atoms with Gasteiger partial charge in [-0.2, -0.15) is 5.26 Å². The van der Waals surface area contributed by atoms with Gasteiger partial charge in [0.1, 0.15) is 5.92 Å². The van der Waals surface area contributed by atoms with Gasteiger partial charge in [0.25, 0.3) is 0 Å². The predicted octanol–water partition coefficient (Wildman–Crippen LogP) is 4.93. The number of allylic oxidation sites excluding steroid dienone is 2. The van der Waals surface area contributed by atoms with Crippen LogP contribution in [0.2, 0.25) is 0 Å². The first-order chi connectivity index (χ1) is 11.4. The van der Waals surface area contributed by atoms with Crippen LogP contribution in [0.25, 0.3) is 0 Å². The van der Waals surface area contributed by atoms with Gasteiger partial charge in [0, 0.05) is 0 Å². The van der Waals surface area contributed by atoms with E-state index in [-0.39, 0.29) is 5.78 Å². The molecule has 0 N–H and O–H groups in total. The van der Waals surface area contributed by atoms with Gasteiger partial charge in [-0.15, -0.1) is 0 Å². The summed E-state index contributed by atoms with van der Waals surface area (Å²) in [6, 6.07) is 2.25. The van der Waals surface area contributed by atoms with Gasteiger partial charge < -0.3 is 0 Å². The third-order valence-corrected chi connectivity index (χ3v) is 8.43. The summed E-state index contributed by atoms with van der Waals surface area (Å²) < 4.78 is 0. The van der Waals surface area contributed by atoms with Crippen molar-refractivity contribution in [2.75, 3.05) is 0 Å². The first-order valence-electron chi connectivity index (χ1n) is 9.68. The Balaban J connectivity index is 1.70. The predicted molar refractivity (Wildman–Crippen MR) is 94.8 cm³/mol. The molecule has 2 nitrogen and oxygen atoms in total. The second kappa shape index (κ2) is 5.32. The van der Waals surface area contributed by atoms with Crippen molar-refractivity contribution < 1.29 is 4.79 Å². The molecule has 24 heavy (non-hydrogen) atoms. The van der Waals surface area contributed by atoms with E-state index in [2.05, 4.69) is 33.4 Å². The number of rotatable bonds is 0. The maximum absolute atomic E-state index is 12.2. The fourth-order valence-electron chi connectivity index (χ4n) is 6.91. The first-order valence-corrected chi connectivity index (χ1v) is 9.68. The molecule has 0 aromatic carbocycles. The summed E-state index contributed by atoms with van der Waals surface area (Å²) >= 11 is 0. The summed E-state index contributed by atoms with van der Waals surface area (Å²) in [5, 5.41) is 9.35. The van der Waals surface area contributed by atoms with Crippen molar-refractivity contribution >= 4 is 5.78 Å². The highest BCUT2D eigenvalue weighted by Crippen LogP contribution is 2.65. The molecule has 4 rings (SSSR count). The normalized spacial score (nSPS) is 50.4. The summed E-state index contributed by atoms with van der Waals surface area (Å²) in [4.78, 5) is 12.2. The van der Waals surface area contributed by atoms with Gasteiger partial charge in [-0.3, -0.25) is 4.79 Å². The van der Waals surface area contributed by atoms with Gasteiger partial charge >= 0.3 is 0 Å². The monoisotopic (exact) mass is 323 g/mol. The quantitative estimate of drug-likeness (QED) is 0.593. The van der Waals surface area contributed by atoms with Crippen LogP contribution in [0.5, 0.6) is 0 Å². The molecule has 4 aliphatic carbocycles. The Kier molecular flexibility index (Phi) is 3.57. The van der Waals surface area contributed by atoms with Gasteiger partial charge in [0.2, 0.25) is 0 Å². The van der Waals surface area contributed by atoms with Crippen LogP contribution in [0.1, 0.15) is 52.9 Å². The van der Waals surface area contributed by atoms with Gasteiger partial charge in [-0.05, 0) is 79.1 Å². The lowest BCUT2D eigenvalue weighted by atomic mass is 9.48. The Bertz CT molecular complexity index is 668. The van der Waals surface area contributed by atoms with E-state index in [1.54, 1.807) is 0 Å². The number of ketones is 1. The highest BCUT2D eigenvalue weighted by Gasteiger charge is 2.58. The lowest BCUT2D eigenvalue weighted by molar-refractivity contribution is -0.119. The average molecular weight is 323 g/mol. The van der Waals surface area contributed by atoms with E-state index < -0.39 is 5.92 Å². The van der Waals surface area contributed by atoms with Gasteiger partial charge in [0.05, 0.1) is 6.07 Å². The molecule has 0 aromatic rings. The fraction of sp³-hybridized carbons (Fsp3) is 0.727. The van der Waals surface area contributed by atoms with Crippen molar-refractivity contribution in [2.24, 2.45) is 46.8 Å². The topological polar surface area (TPSA) is 40.9 Å². The van der Waals surface area contributed by atoms with E-state index in [1.165, 1.54) is 30.4 Å². The summed E-state index contributed by atoms with van der Waals surface area (Å²) in [6.45, 7) is 11.7. The molecule has 3 fully saturated rings. The third-order valence-electron chi connectivity index (χ3n) is 8.43. The minimum atomic E-state index is -0.404. The van der Waals surface area contributed by atoms with Crippen LogP contribution in [0, 0.1) is 58.2 Å². The first kappa shape index (κ1) is 16.1. The minimum Gasteiger partial charge on any atom is -0.293 e. The molecule has 8 atom stereocenters. The molecule has 4 aliphatic rings. The fourth-order valence-corrected chi connectivity index (χ4v) is 6.91. The highest BCUT2D eigenvalue weighted by atomic mass is 16.1. The van der Waals surface area contributed by atoms with Crippen molar-refractivity contribution in [2.45, 2.75) is 52.9 Å². The smallest absolute Gasteiger partial charge is 0.172 e. The number of carbonyl (C=O) groups excluding carboxylic acids is 1. The molecule has 0 aliphatic heterocycles. The zero-order valence-electron chi connectivity index (χ0n) is 15.2. The van der Waals surface area contributed by atoms with Crippen LogP contribution in [0.3, 0.4) is 0 Å². The summed E-state index contributed by atoms with van der Waals surface area (Å²) in [5.74, 6) is 3.55. The molecule has 0 spiro atoms. The van der Waals surface area contributed by atoms with E-state index >= 15 is 0 Å². The number of hydrogen-bond donors (Lipinski definition) is 0. The zero-order valence-corrected chi connectivity index (χ0v) is 15.2. The Labute approximate surface area is 146 Å². The molecule has 0 bridgehead atoms. The molecular weight excluding hydrogens is 294 g/mol. The molecule has 0 aromatic heterocycles. The van der Waals surface area contributed by atoms with Gasteiger partial charge in [-0.1, -0.05) is 38.5 Å². The van der Waals surface area contributed by atoms with Crippen LogP contribution in [-0.4, -0.2) is 5.78 Å². The molecule has 0 saturated heterocycles. The van der Waals surface area contributed by atoms with E-state index in [0.717, 1.165) is 24.7 Å². The third kappa shape index (κ3) is 2.03. The van der Waals surface area contributed by atoms with Crippen molar-refractivity contribution in [3.8, 4) is 6.07 Å². The Morgan fingerprint density at radius 2 is 2.08 bits per heavy atom.